The highest BCUT2D eigenvalue weighted by Gasteiger charge is 2.36. The van der Waals surface area contributed by atoms with Crippen molar-refractivity contribution >= 4 is 66.2 Å². The van der Waals surface area contributed by atoms with Crippen LogP contribution in [0, 0.1) is 0 Å². The third kappa shape index (κ3) is 3.20. The van der Waals surface area contributed by atoms with E-state index in [1.165, 1.54) is 4.70 Å². The second-order valence-electron chi connectivity index (χ2n) is 8.89. The Morgan fingerprint density at radius 2 is 1.49 bits per heavy atom. The van der Waals surface area contributed by atoms with E-state index in [-0.39, 0.29) is 18.7 Å². The molecule has 0 spiro atoms. The first-order chi connectivity index (χ1) is 18.2. The van der Waals surface area contributed by atoms with E-state index in [4.69, 9.17) is 0 Å². The van der Waals surface area contributed by atoms with Crippen LogP contribution in [0.1, 0.15) is 11.3 Å². The lowest BCUT2D eigenvalue weighted by Crippen LogP contribution is -2.22. The Hall–Kier alpha value is -4.53. The van der Waals surface area contributed by atoms with Crippen LogP contribution in [0.3, 0.4) is 0 Å². The molecule has 180 valence electrons. The molecule has 7 nitrogen and oxygen atoms in total. The first-order valence-electron chi connectivity index (χ1n) is 11.9. The summed E-state index contributed by atoms with van der Waals surface area (Å²) in [6, 6.07) is 23.6. The Morgan fingerprint density at radius 1 is 0.811 bits per heavy atom. The number of benzene rings is 3. The summed E-state index contributed by atoms with van der Waals surface area (Å²) in [5, 5.41) is 21.6. The van der Waals surface area contributed by atoms with E-state index in [1.54, 1.807) is 16.0 Å². The summed E-state index contributed by atoms with van der Waals surface area (Å²) in [6.07, 6.45) is 1.94. The van der Waals surface area contributed by atoms with E-state index in [1.807, 2.05) is 66.9 Å². The predicted molar refractivity (Wildman–Crippen MR) is 145 cm³/mol. The minimum absolute atomic E-state index is 0.0930. The fourth-order valence-corrected chi connectivity index (χ4v) is 6.18. The topological polar surface area (TPSA) is 89.2 Å². The summed E-state index contributed by atoms with van der Waals surface area (Å²) >= 11 is 1.67. The number of para-hydroxylation sites is 2. The molecule has 2 N–H and O–H groups in total. The van der Waals surface area contributed by atoms with Crippen molar-refractivity contribution in [2.45, 2.75) is 6.54 Å². The van der Waals surface area contributed by atoms with E-state index in [0.29, 0.717) is 16.8 Å². The van der Waals surface area contributed by atoms with Crippen molar-refractivity contribution < 1.29 is 14.7 Å². The van der Waals surface area contributed by atoms with Gasteiger partial charge in [-0.1, -0.05) is 54.6 Å². The van der Waals surface area contributed by atoms with Crippen LogP contribution >= 0.6 is 11.3 Å². The molecule has 6 aromatic rings. The lowest BCUT2D eigenvalue weighted by Gasteiger charge is -2.03. The number of imide groups is 1. The molecule has 7 rings (SSSR count). The first kappa shape index (κ1) is 21.7. The molecule has 0 fully saturated rings. The van der Waals surface area contributed by atoms with Gasteiger partial charge in [-0.2, -0.15) is 5.10 Å². The quantitative estimate of drug-likeness (QED) is 0.332. The molecule has 0 saturated heterocycles. The van der Waals surface area contributed by atoms with Gasteiger partial charge in [-0.25, -0.2) is 0 Å². The van der Waals surface area contributed by atoms with Gasteiger partial charge in [0, 0.05) is 38.0 Å². The van der Waals surface area contributed by atoms with Crippen LogP contribution in [-0.2, 0) is 16.1 Å². The number of nitrogens with one attached hydrogen (secondary N) is 1. The summed E-state index contributed by atoms with van der Waals surface area (Å²) in [4.78, 5) is 26.6. The van der Waals surface area contributed by atoms with Crippen molar-refractivity contribution in [3.63, 3.8) is 0 Å². The van der Waals surface area contributed by atoms with Crippen LogP contribution in [0.2, 0.25) is 0 Å². The van der Waals surface area contributed by atoms with Crippen molar-refractivity contribution in [3.8, 4) is 5.69 Å². The minimum atomic E-state index is -0.475. The number of hydrogen-bond acceptors (Lipinski definition) is 5. The summed E-state index contributed by atoms with van der Waals surface area (Å²) < 4.78 is 4.94. The highest BCUT2D eigenvalue weighted by Crippen LogP contribution is 2.40. The van der Waals surface area contributed by atoms with Gasteiger partial charge >= 0.3 is 0 Å². The van der Waals surface area contributed by atoms with Crippen molar-refractivity contribution in [1.82, 2.24) is 19.7 Å². The number of nitrogens with zero attached hydrogens (tertiary/aromatic N) is 3. The summed E-state index contributed by atoms with van der Waals surface area (Å²) in [7, 11) is 0. The maximum atomic E-state index is 13.3. The van der Waals surface area contributed by atoms with Gasteiger partial charge in [-0.05, 0) is 18.2 Å². The first-order valence-corrected chi connectivity index (χ1v) is 12.8. The molecule has 1 aliphatic heterocycles. The monoisotopic (exact) mass is 504 g/mol. The van der Waals surface area contributed by atoms with Crippen LogP contribution in [0.15, 0.2) is 84.4 Å². The van der Waals surface area contributed by atoms with Crippen molar-refractivity contribution in [1.29, 1.82) is 0 Å². The molecule has 1 aliphatic rings. The van der Waals surface area contributed by atoms with Crippen LogP contribution in [-0.4, -0.2) is 37.9 Å². The Balaban J connectivity index is 1.53. The number of aliphatic hydroxyl groups is 1. The van der Waals surface area contributed by atoms with Crippen LogP contribution in [0.5, 0.6) is 0 Å². The fourth-order valence-electron chi connectivity index (χ4n) is 5.24. The molecule has 8 heteroatoms. The van der Waals surface area contributed by atoms with Gasteiger partial charge < -0.3 is 9.67 Å². The van der Waals surface area contributed by atoms with Crippen molar-refractivity contribution in [2.75, 3.05) is 6.61 Å². The van der Waals surface area contributed by atoms with Gasteiger partial charge in [0.05, 0.1) is 41.0 Å². The number of thiophene rings is 1. The van der Waals surface area contributed by atoms with E-state index in [2.05, 4.69) is 32.5 Å². The number of amides is 2. The fraction of sp³-hybridized carbons (Fsp3) is 0.0690. The minimum Gasteiger partial charge on any atom is -0.394 e. The molecule has 2 amide bonds. The molecule has 0 aliphatic carbocycles. The zero-order chi connectivity index (χ0) is 25.1. The standard InChI is InChI=1S/C29H20N4O3S/c34-14-13-33-22-11-5-2-9-19(22)27(31-33)26-25(28(35)30-29(26)36)20-15-32(21-10-4-1-7-17(20)21)23-16-37-24-12-6-3-8-18(23)24/h1-12,15-16,34H,13-14H2,(H,30,35,36). The third-order valence-corrected chi connectivity index (χ3v) is 7.79. The molecular weight excluding hydrogens is 484 g/mol. The van der Waals surface area contributed by atoms with Gasteiger partial charge in [0.1, 0.15) is 5.69 Å². The van der Waals surface area contributed by atoms with E-state index < -0.39 is 11.8 Å². The SMILES string of the molecule is O=C1NC(=O)C(c2nn(CCO)c3ccccc23)=C1c1cn(-c2csc3ccccc23)c2ccccc12. The number of fused-ring (bicyclic) bond motifs is 3. The molecule has 0 saturated carbocycles. The highest BCUT2D eigenvalue weighted by atomic mass is 32.1. The second-order valence-corrected chi connectivity index (χ2v) is 9.80. The van der Waals surface area contributed by atoms with Gasteiger partial charge in [-0.3, -0.25) is 19.6 Å². The third-order valence-electron chi connectivity index (χ3n) is 6.84. The predicted octanol–water partition coefficient (Wildman–Crippen LogP) is 4.75. The maximum Gasteiger partial charge on any atom is 0.261 e. The average Bonchev–Trinajstić information content (AvgIpc) is 3.66. The molecule has 3 aromatic carbocycles. The molecule has 3 aromatic heterocycles. The highest BCUT2D eigenvalue weighted by molar-refractivity contribution is 7.17. The Bertz CT molecular complexity index is 1920. The largest absolute Gasteiger partial charge is 0.394 e. The van der Waals surface area contributed by atoms with Gasteiger partial charge in [0.2, 0.25) is 0 Å². The van der Waals surface area contributed by atoms with Crippen LogP contribution in [0.25, 0.3) is 48.7 Å². The number of carbonyl (C=O) groups is 2. The average molecular weight is 505 g/mol. The summed E-state index contributed by atoms with van der Waals surface area (Å²) in [6.45, 7) is 0.188. The zero-order valence-electron chi connectivity index (χ0n) is 19.5. The molecule has 37 heavy (non-hydrogen) atoms. The van der Waals surface area contributed by atoms with E-state index >= 15 is 0 Å². The Morgan fingerprint density at radius 3 is 2.30 bits per heavy atom. The smallest absolute Gasteiger partial charge is 0.261 e. The molecule has 0 radical (unpaired) electrons. The van der Waals surface area contributed by atoms with Crippen molar-refractivity contribution in [3.05, 3.63) is 95.6 Å². The maximum absolute atomic E-state index is 13.3. The number of rotatable bonds is 5. The number of carbonyl (C=O) groups excluding carboxylic acids is 2. The van der Waals surface area contributed by atoms with Crippen LogP contribution in [0.4, 0.5) is 0 Å². The van der Waals surface area contributed by atoms with E-state index in [9.17, 15) is 14.7 Å². The van der Waals surface area contributed by atoms with Gasteiger partial charge in [0.25, 0.3) is 11.8 Å². The molecular formula is C29H20N4O3S. The molecule has 0 bridgehead atoms. The number of aliphatic hydroxyl groups excluding tert-OH is 1. The van der Waals surface area contributed by atoms with Crippen molar-refractivity contribution in [2.24, 2.45) is 0 Å². The van der Waals surface area contributed by atoms with Gasteiger partial charge in [0.15, 0.2) is 0 Å². The normalized spacial score (nSPS) is 14.0. The Kier molecular flexibility index (Phi) is 4.85. The number of hydrogen-bond donors (Lipinski definition) is 2. The Labute approximate surface area is 214 Å². The second kappa shape index (κ2) is 8.26. The zero-order valence-corrected chi connectivity index (χ0v) is 20.3. The lowest BCUT2D eigenvalue weighted by molar-refractivity contribution is -0.122. The van der Waals surface area contributed by atoms with E-state index in [0.717, 1.165) is 32.9 Å². The molecule has 0 unspecified atom stereocenters. The van der Waals surface area contributed by atoms with Crippen LogP contribution < -0.4 is 5.32 Å². The number of aromatic nitrogens is 3. The molecule has 4 heterocycles. The van der Waals surface area contributed by atoms with Gasteiger partial charge in [-0.15, -0.1) is 11.3 Å². The summed E-state index contributed by atoms with van der Waals surface area (Å²) in [5.41, 5.74) is 4.40. The summed E-state index contributed by atoms with van der Waals surface area (Å²) in [5.74, 6) is -0.920. The lowest BCUT2D eigenvalue weighted by atomic mass is 9.97. The molecule has 0 atom stereocenters.